The molecule has 1 N–H and O–H groups in total. The topological polar surface area (TPSA) is 67.9 Å². The highest BCUT2D eigenvalue weighted by Crippen LogP contribution is 2.33. The Morgan fingerprint density at radius 2 is 1.77 bits per heavy atom. The van der Waals surface area contributed by atoms with Crippen molar-refractivity contribution >= 4 is 23.2 Å². The Labute approximate surface area is 208 Å². The lowest BCUT2D eigenvalue weighted by molar-refractivity contribution is -0.126. The van der Waals surface area contributed by atoms with Gasteiger partial charge in [-0.05, 0) is 60.2 Å². The predicted octanol–water partition coefficient (Wildman–Crippen LogP) is 5.35. The Bertz CT molecular complexity index is 1140. The molecular weight excluding hydrogens is 467 g/mol. The van der Waals surface area contributed by atoms with Crippen LogP contribution in [0.2, 0.25) is 0 Å². The Balaban J connectivity index is 1.74. The third-order valence-corrected chi connectivity index (χ3v) is 7.16. The van der Waals surface area contributed by atoms with E-state index in [2.05, 4.69) is 5.32 Å². The molecule has 0 bridgehead atoms. The van der Waals surface area contributed by atoms with Crippen LogP contribution in [0.4, 0.5) is 4.39 Å². The van der Waals surface area contributed by atoms with Crippen LogP contribution in [-0.2, 0) is 11.3 Å². The average Bonchev–Trinajstić information content (AvgIpc) is 3.59. The van der Waals surface area contributed by atoms with Gasteiger partial charge in [0.1, 0.15) is 11.9 Å². The van der Waals surface area contributed by atoms with Crippen molar-refractivity contribution in [1.82, 2.24) is 10.2 Å². The molecule has 35 heavy (non-hydrogen) atoms. The quantitative estimate of drug-likeness (QED) is 0.434. The molecule has 1 aliphatic carbocycles. The molecule has 1 saturated carbocycles. The van der Waals surface area contributed by atoms with Crippen LogP contribution in [0, 0.1) is 5.82 Å². The molecule has 3 aromatic rings. The molecule has 1 aromatic heterocycles. The molecule has 4 rings (SSSR count). The second-order valence-electron chi connectivity index (χ2n) is 8.54. The average molecular weight is 497 g/mol. The Morgan fingerprint density at radius 1 is 1.06 bits per heavy atom. The number of methoxy groups -OCH3 is 2. The SMILES string of the molecule is COc1ccc(C(=O)N(Cc2ccc(F)cc2)C(C(=O)NC2CCCC2)c2cccs2)cc1OC. The number of carbonyl (C=O) groups is 2. The van der Waals surface area contributed by atoms with E-state index in [1.54, 1.807) is 35.2 Å². The molecular formula is C27H29FN2O4S. The number of benzene rings is 2. The summed E-state index contributed by atoms with van der Waals surface area (Å²) >= 11 is 1.43. The van der Waals surface area contributed by atoms with Crippen molar-refractivity contribution in [2.75, 3.05) is 14.2 Å². The van der Waals surface area contributed by atoms with Gasteiger partial charge in [-0.2, -0.15) is 0 Å². The number of hydrogen-bond acceptors (Lipinski definition) is 5. The smallest absolute Gasteiger partial charge is 0.255 e. The van der Waals surface area contributed by atoms with E-state index < -0.39 is 6.04 Å². The lowest BCUT2D eigenvalue weighted by Crippen LogP contribution is -2.45. The first-order chi connectivity index (χ1) is 17.0. The minimum atomic E-state index is -0.832. The maximum absolute atomic E-state index is 13.9. The van der Waals surface area contributed by atoms with Gasteiger partial charge in [0.25, 0.3) is 5.91 Å². The number of ether oxygens (including phenoxy) is 2. The van der Waals surface area contributed by atoms with Gasteiger partial charge in [-0.25, -0.2) is 4.39 Å². The van der Waals surface area contributed by atoms with E-state index in [4.69, 9.17) is 9.47 Å². The summed E-state index contributed by atoms with van der Waals surface area (Å²) < 4.78 is 24.3. The van der Waals surface area contributed by atoms with Gasteiger partial charge in [-0.3, -0.25) is 9.59 Å². The molecule has 1 fully saturated rings. The van der Waals surface area contributed by atoms with Crippen LogP contribution in [0.15, 0.2) is 60.0 Å². The summed E-state index contributed by atoms with van der Waals surface area (Å²) in [5.41, 5.74) is 1.08. The summed E-state index contributed by atoms with van der Waals surface area (Å²) in [5, 5.41) is 5.05. The number of halogens is 1. The first-order valence-corrected chi connectivity index (χ1v) is 12.5. The van der Waals surface area contributed by atoms with Gasteiger partial charge in [0, 0.05) is 23.0 Å². The third-order valence-electron chi connectivity index (χ3n) is 6.23. The van der Waals surface area contributed by atoms with Crippen molar-refractivity contribution in [3.05, 3.63) is 81.8 Å². The highest BCUT2D eigenvalue weighted by atomic mass is 32.1. The molecule has 2 amide bonds. The normalized spacial score (nSPS) is 14.4. The number of thiophene rings is 1. The monoisotopic (exact) mass is 496 g/mol. The Morgan fingerprint density at radius 3 is 2.40 bits per heavy atom. The van der Waals surface area contributed by atoms with Gasteiger partial charge >= 0.3 is 0 Å². The zero-order chi connectivity index (χ0) is 24.8. The first kappa shape index (κ1) is 24.7. The number of nitrogens with zero attached hydrogens (tertiary/aromatic N) is 1. The second-order valence-corrected chi connectivity index (χ2v) is 9.52. The Hall–Kier alpha value is -3.39. The number of carbonyl (C=O) groups excluding carboxylic acids is 2. The standard InChI is InChI=1S/C27H29FN2O4S/c1-33-22-14-11-19(16-23(22)34-2)27(32)30(17-18-9-12-20(28)13-10-18)25(24-8-5-15-35-24)26(31)29-21-6-3-4-7-21/h5,8-16,21,25H,3-4,6-7,17H2,1-2H3,(H,29,31). The summed E-state index contributed by atoms with van der Waals surface area (Å²) in [7, 11) is 3.03. The molecule has 6 nitrogen and oxygen atoms in total. The lowest BCUT2D eigenvalue weighted by atomic mass is 10.1. The van der Waals surface area contributed by atoms with Crippen molar-refractivity contribution in [1.29, 1.82) is 0 Å². The number of nitrogens with one attached hydrogen (secondary N) is 1. The molecule has 2 aromatic carbocycles. The van der Waals surface area contributed by atoms with Crippen LogP contribution in [0.1, 0.15) is 52.5 Å². The highest BCUT2D eigenvalue weighted by molar-refractivity contribution is 7.10. The molecule has 1 heterocycles. The highest BCUT2D eigenvalue weighted by Gasteiger charge is 2.34. The van der Waals surface area contributed by atoms with Gasteiger partial charge in [0.2, 0.25) is 5.91 Å². The van der Waals surface area contributed by atoms with Crippen molar-refractivity contribution in [3.63, 3.8) is 0 Å². The Kier molecular flexibility index (Phi) is 8.02. The van der Waals surface area contributed by atoms with E-state index in [0.29, 0.717) is 17.1 Å². The maximum atomic E-state index is 13.9. The zero-order valence-electron chi connectivity index (χ0n) is 19.8. The number of amides is 2. The van der Waals surface area contributed by atoms with Gasteiger partial charge in [-0.1, -0.05) is 31.0 Å². The van der Waals surface area contributed by atoms with Gasteiger partial charge in [-0.15, -0.1) is 11.3 Å². The van der Waals surface area contributed by atoms with Crippen LogP contribution in [0.3, 0.4) is 0 Å². The van der Waals surface area contributed by atoms with Crippen LogP contribution in [-0.4, -0.2) is 37.0 Å². The molecule has 8 heteroatoms. The molecule has 0 radical (unpaired) electrons. The molecule has 0 aliphatic heterocycles. The van der Waals surface area contributed by atoms with Crippen molar-refractivity contribution in [2.24, 2.45) is 0 Å². The van der Waals surface area contributed by atoms with Gasteiger partial charge < -0.3 is 19.7 Å². The minimum Gasteiger partial charge on any atom is -0.493 e. The second kappa shape index (κ2) is 11.4. The summed E-state index contributed by atoms with van der Waals surface area (Å²) in [6, 6.07) is 13.9. The fourth-order valence-electron chi connectivity index (χ4n) is 4.42. The third kappa shape index (κ3) is 5.82. The maximum Gasteiger partial charge on any atom is 0.255 e. The minimum absolute atomic E-state index is 0.105. The molecule has 1 atom stereocenters. The van der Waals surface area contributed by atoms with Crippen LogP contribution in [0.5, 0.6) is 11.5 Å². The summed E-state index contributed by atoms with van der Waals surface area (Å²) in [5.74, 6) is 0.0110. The number of hydrogen-bond donors (Lipinski definition) is 1. The van der Waals surface area contributed by atoms with Crippen LogP contribution >= 0.6 is 11.3 Å². The summed E-state index contributed by atoms with van der Waals surface area (Å²) in [6.07, 6.45) is 4.03. The van der Waals surface area contributed by atoms with E-state index in [1.165, 1.54) is 37.7 Å². The van der Waals surface area contributed by atoms with Crippen molar-refractivity contribution in [3.8, 4) is 11.5 Å². The largest absolute Gasteiger partial charge is 0.493 e. The first-order valence-electron chi connectivity index (χ1n) is 11.6. The van der Waals surface area contributed by atoms with E-state index >= 15 is 0 Å². The molecule has 1 unspecified atom stereocenters. The van der Waals surface area contributed by atoms with Crippen LogP contribution < -0.4 is 14.8 Å². The zero-order valence-corrected chi connectivity index (χ0v) is 20.6. The summed E-state index contributed by atoms with van der Waals surface area (Å²) in [4.78, 5) is 29.9. The molecule has 1 aliphatic rings. The van der Waals surface area contributed by atoms with E-state index in [0.717, 1.165) is 36.1 Å². The van der Waals surface area contributed by atoms with E-state index in [9.17, 15) is 14.0 Å². The van der Waals surface area contributed by atoms with Crippen molar-refractivity contribution < 1.29 is 23.5 Å². The molecule has 0 saturated heterocycles. The molecule has 184 valence electrons. The van der Waals surface area contributed by atoms with Gasteiger partial charge in [0.05, 0.1) is 14.2 Å². The van der Waals surface area contributed by atoms with E-state index in [1.807, 2.05) is 17.5 Å². The lowest BCUT2D eigenvalue weighted by Gasteiger charge is -2.32. The van der Waals surface area contributed by atoms with Gasteiger partial charge in [0.15, 0.2) is 11.5 Å². The number of rotatable bonds is 9. The van der Waals surface area contributed by atoms with E-state index in [-0.39, 0.29) is 30.2 Å². The predicted molar refractivity (Wildman–Crippen MR) is 133 cm³/mol. The fourth-order valence-corrected chi connectivity index (χ4v) is 5.26. The van der Waals surface area contributed by atoms with Crippen LogP contribution in [0.25, 0.3) is 0 Å². The van der Waals surface area contributed by atoms with Crippen molar-refractivity contribution in [2.45, 2.75) is 44.3 Å². The summed E-state index contributed by atoms with van der Waals surface area (Å²) in [6.45, 7) is 0.133. The fraction of sp³-hybridized carbons (Fsp3) is 0.333. The molecule has 0 spiro atoms.